The SMILES string of the molecule is CC(C)c1nccc(CN2CCN(CCN3CCOCC3)CC2)n1. The summed E-state index contributed by atoms with van der Waals surface area (Å²) < 4.78 is 5.41. The maximum absolute atomic E-state index is 5.41. The molecule has 0 bridgehead atoms. The first-order valence-corrected chi connectivity index (χ1v) is 9.27. The van der Waals surface area contributed by atoms with E-state index in [-0.39, 0.29) is 0 Å². The van der Waals surface area contributed by atoms with Gasteiger partial charge in [0.2, 0.25) is 0 Å². The summed E-state index contributed by atoms with van der Waals surface area (Å²) in [5.74, 6) is 1.35. The summed E-state index contributed by atoms with van der Waals surface area (Å²) in [6.45, 7) is 16.1. The zero-order chi connectivity index (χ0) is 16.8. The third kappa shape index (κ3) is 5.21. The van der Waals surface area contributed by atoms with Crippen molar-refractivity contribution in [1.82, 2.24) is 24.7 Å². The Balaban J connectivity index is 1.39. The van der Waals surface area contributed by atoms with E-state index < -0.39 is 0 Å². The topological polar surface area (TPSA) is 44.7 Å². The van der Waals surface area contributed by atoms with Crippen LogP contribution in [0.2, 0.25) is 0 Å². The van der Waals surface area contributed by atoms with Gasteiger partial charge >= 0.3 is 0 Å². The Labute approximate surface area is 145 Å². The van der Waals surface area contributed by atoms with Crippen molar-refractivity contribution in [3.05, 3.63) is 23.8 Å². The first-order valence-electron chi connectivity index (χ1n) is 9.27. The van der Waals surface area contributed by atoms with Crippen LogP contribution >= 0.6 is 0 Å². The van der Waals surface area contributed by atoms with E-state index in [0.29, 0.717) is 5.92 Å². The predicted molar refractivity (Wildman–Crippen MR) is 95.1 cm³/mol. The summed E-state index contributed by atoms with van der Waals surface area (Å²) in [6.07, 6.45) is 1.90. The Morgan fingerprint density at radius 1 is 0.958 bits per heavy atom. The zero-order valence-corrected chi connectivity index (χ0v) is 15.2. The molecule has 3 rings (SSSR count). The molecule has 3 heterocycles. The van der Waals surface area contributed by atoms with E-state index in [2.05, 4.69) is 39.6 Å². The van der Waals surface area contributed by atoms with Gasteiger partial charge in [-0.3, -0.25) is 14.7 Å². The van der Waals surface area contributed by atoms with E-state index in [1.807, 2.05) is 6.20 Å². The molecule has 2 aliphatic heterocycles. The Morgan fingerprint density at radius 2 is 1.58 bits per heavy atom. The maximum atomic E-state index is 5.41. The summed E-state index contributed by atoms with van der Waals surface area (Å²) in [7, 11) is 0. The largest absolute Gasteiger partial charge is 0.379 e. The molecule has 0 amide bonds. The van der Waals surface area contributed by atoms with Crippen LogP contribution in [0.1, 0.15) is 31.3 Å². The smallest absolute Gasteiger partial charge is 0.131 e. The van der Waals surface area contributed by atoms with E-state index >= 15 is 0 Å². The lowest BCUT2D eigenvalue weighted by Crippen LogP contribution is -2.49. The molecule has 134 valence electrons. The average Bonchev–Trinajstić information content (AvgIpc) is 2.62. The highest BCUT2D eigenvalue weighted by atomic mass is 16.5. The van der Waals surface area contributed by atoms with Gasteiger partial charge in [-0.15, -0.1) is 0 Å². The average molecular weight is 333 g/mol. The Morgan fingerprint density at radius 3 is 2.25 bits per heavy atom. The molecule has 0 radical (unpaired) electrons. The second-order valence-electron chi connectivity index (χ2n) is 7.13. The quantitative estimate of drug-likeness (QED) is 0.775. The maximum Gasteiger partial charge on any atom is 0.131 e. The highest BCUT2D eigenvalue weighted by Gasteiger charge is 2.19. The van der Waals surface area contributed by atoms with Gasteiger partial charge in [0.25, 0.3) is 0 Å². The minimum absolute atomic E-state index is 0.391. The van der Waals surface area contributed by atoms with E-state index in [0.717, 1.165) is 70.5 Å². The molecule has 0 aromatic carbocycles. The van der Waals surface area contributed by atoms with Crippen LogP contribution < -0.4 is 0 Å². The van der Waals surface area contributed by atoms with Crippen LogP contribution in [0, 0.1) is 0 Å². The van der Waals surface area contributed by atoms with Crippen LogP contribution in [0.15, 0.2) is 12.3 Å². The van der Waals surface area contributed by atoms with Crippen LogP contribution in [0.4, 0.5) is 0 Å². The van der Waals surface area contributed by atoms with Crippen LogP contribution in [0.5, 0.6) is 0 Å². The minimum Gasteiger partial charge on any atom is -0.379 e. The molecule has 0 saturated carbocycles. The predicted octanol–water partition coefficient (Wildman–Crippen LogP) is 1.05. The molecule has 1 aromatic rings. The number of morpholine rings is 1. The zero-order valence-electron chi connectivity index (χ0n) is 15.2. The molecule has 2 aliphatic rings. The van der Waals surface area contributed by atoms with Crippen LogP contribution in [-0.4, -0.2) is 90.2 Å². The molecule has 0 aliphatic carbocycles. The molecule has 1 aromatic heterocycles. The molecule has 6 nitrogen and oxygen atoms in total. The number of ether oxygens (including phenoxy) is 1. The first kappa shape index (κ1) is 17.7. The van der Waals surface area contributed by atoms with Gasteiger partial charge in [-0.1, -0.05) is 13.8 Å². The number of rotatable bonds is 6. The van der Waals surface area contributed by atoms with Gasteiger partial charge in [-0.25, -0.2) is 9.97 Å². The van der Waals surface area contributed by atoms with Gasteiger partial charge in [0.05, 0.1) is 18.9 Å². The second kappa shape index (κ2) is 8.85. The summed E-state index contributed by atoms with van der Waals surface area (Å²) in [6, 6.07) is 2.05. The van der Waals surface area contributed by atoms with Gasteiger partial charge in [-0.05, 0) is 6.07 Å². The summed E-state index contributed by atoms with van der Waals surface area (Å²) in [4.78, 5) is 16.7. The first-order chi connectivity index (χ1) is 11.7. The van der Waals surface area contributed by atoms with E-state index in [1.165, 1.54) is 13.1 Å². The fraction of sp³-hybridized carbons (Fsp3) is 0.778. The molecule has 2 saturated heterocycles. The summed E-state index contributed by atoms with van der Waals surface area (Å²) >= 11 is 0. The van der Waals surface area contributed by atoms with Crippen molar-refractivity contribution >= 4 is 0 Å². The number of aromatic nitrogens is 2. The normalized spacial score (nSPS) is 21.5. The van der Waals surface area contributed by atoms with Gasteiger partial charge in [-0.2, -0.15) is 0 Å². The van der Waals surface area contributed by atoms with Gasteiger partial charge < -0.3 is 4.74 Å². The van der Waals surface area contributed by atoms with E-state index in [4.69, 9.17) is 9.72 Å². The summed E-state index contributed by atoms with van der Waals surface area (Å²) in [5, 5.41) is 0. The number of hydrogen-bond acceptors (Lipinski definition) is 6. The number of piperazine rings is 1. The van der Waals surface area contributed by atoms with Crippen LogP contribution in [-0.2, 0) is 11.3 Å². The molecular weight excluding hydrogens is 302 g/mol. The molecule has 2 fully saturated rings. The van der Waals surface area contributed by atoms with Crippen molar-refractivity contribution in [3.8, 4) is 0 Å². The van der Waals surface area contributed by atoms with Crippen molar-refractivity contribution in [2.45, 2.75) is 26.3 Å². The number of hydrogen-bond donors (Lipinski definition) is 0. The van der Waals surface area contributed by atoms with Crippen molar-refractivity contribution in [2.75, 3.05) is 65.6 Å². The third-order valence-electron chi connectivity index (χ3n) is 4.93. The fourth-order valence-electron chi connectivity index (χ4n) is 3.29. The highest BCUT2D eigenvalue weighted by molar-refractivity contribution is 5.04. The van der Waals surface area contributed by atoms with Crippen molar-refractivity contribution in [3.63, 3.8) is 0 Å². The Hall–Kier alpha value is -1.08. The van der Waals surface area contributed by atoms with Gasteiger partial charge in [0.15, 0.2) is 0 Å². The lowest BCUT2D eigenvalue weighted by atomic mass is 10.2. The molecule has 0 N–H and O–H groups in total. The molecule has 0 spiro atoms. The van der Waals surface area contributed by atoms with Crippen LogP contribution in [0.3, 0.4) is 0 Å². The van der Waals surface area contributed by atoms with E-state index in [1.54, 1.807) is 0 Å². The van der Waals surface area contributed by atoms with Crippen molar-refractivity contribution in [1.29, 1.82) is 0 Å². The van der Waals surface area contributed by atoms with E-state index in [9.17, 15) is 0 Å². The molecule has 0 atom stereocenters. The molecular formula is C18H31N5O. The molecule has 24 heavy (non-hydrogen) atoms. The highest BCUT2D eigenvalue weighted by Crippen LogP contribution is 2.11. The van der Waals surface area contributed by atoms with Crippen molar-refractivity contribution < 1.29 is 4.74 Å². The lowest BCUT2D eigenvalue weighted by molar-refractivity contribution is 0.0296. The number of nitrogens with zero attached hydrogens (tertiary/aromatic N) is 5. The molecule has 0 unspecified atom stereocenters. The monoisotopic (exact) mass is 333 g/mol. The summed E-state index contributed by atoms with van der Waals surface area (Å²) in [5.41, 5.74) is 1.15. The third-order valence-corrected chi connectivity index (χ3v) is 4.93. The van der Waals surface area contributed by atoms with Gasteiger partial charge in [0.1, 0.15) is 5.82 Å². The minimum atomic E-state index is 0.391. The Kier molecular flexibility index (Phi) is 6.54. The second-order valence-corrected chi connectivity index (χ2v) is 7.13. The molecule has 6 heteroatoms. The fourth-order valence-corrected chi connectivity index (χ4v) is 3.29. The standard InChI is InChI=1S/C18H31N5O/c1-16(2)18-19-4-3-17(20-18)15-23-9-7-21(8-10-23)5-6-22-11-13-24-14-12-22/h3-4,16H,5-15H2,1-2H3. The lowest BCUT2D eigenvalue weighted by Gasteiger charge is -2.36. The Bertz CT molecular complexity index is 496. The van der Waals surface area contributed by atoms with Crippen molar-refractivity contribution in [2.24, 2.45) is 0 Å². The van der Waals surface area contributed by atoms with Gasteiger partial charge in [0, 0.05) is 71.0 Å². The van der Waals surface area contributed by atoms with Crippen LogP contribution in [0.25, 0.3) is 0 Å².